The number of hydrogen-bond acceptors (Lipinski definition) is 3. The summed E-state index contributed by atoms with van der Waals surface area (Å²) in [6.45, 7) is 3.93. The molecule has 0 aliphatic carbocycles. The Labute approximate surface area is 106 Å². The van der Waals surface area contributed by atoms with Crippen LogP contribution in [-0.4, -0.2) is 15.1 Å². The van der Waals surface area contributed by atoms with Crippen molar-refractivity contribution in [3.63, 3.8) is 0 Å². The quantitative estimate of drug-likeness (QED) is 0.849. The van der Waals surface area contributed by atoms with Crippen molar-refractivity contribution >= 4 is 15.9 Å². The summed E-state index contributed by atoms with van der Waals surface area (Å²) in [5.41, 5.74) is 2.53. The number of aromatic amines is 1. The highest BCUT2D eigenvalue weighted by atomic mass is 79.9. The van der Waals surface area contributed by atoms with Crippen LogP contribution in [0, 0.1) is 13.8 Å². The number of hydrogen-bond donors (Lipinski definition) is 2. The molecule has 0 unspecified atom stereocenters. The fourth-order valence-corrected chi connectivity index (χ4v) is 1.88. The number of rotatable bonds is 1. The molecule has 0 radical (unpaired) electrons. The average Bonchev–Trinajstić information content (AvgIpc) is 2.23. The minimum atomic E-state index is -0.397. The van der Waals surface area contributed by atoms with Gasteiger partial charge in [-0.25, -0.2) is 0 Å². The Kier molecular flexibility index (Phi) is 3.02. The van der Waals surface area contributed by atoms with Gasteiger partial charge in [-0.05, 0) is 41.9 Å². The van der Waals surface area contributed by atoms with Crippen LogP contribution in [0.25, 0.3) is 11.4 Å². The van der Waals surface area contributed by atoms with Gasteiger partial charge >= 0.3 is 0 Å². The Bertz CT molecular complexity index is 615. The first-order valence-electron chi connectivity index (χ1n) is 5.05. The normalized spacial score (nSPS) is 10.5. The minimum absolute atomic E-state index is 0.0469. The molecule has 2 N–H and O–H groups in total. The third kappa shape index (κ3) is 2.39. The number of halogens is 1. The lowest BCUT2D eigenvalue weighted by atomic mass is 10.1. The molecule has 88 valence electrons. The standard InChI is InChI=1S/C12H11BrN2O2/c1-6-3-7(2)5-8(4-6)10-14-11(16)9(13)12(17)15-10/h3-5H,1-2H3,(H2,14,15,16,17). The second kappa shape index (κ2) is 4.33. The molecule has 5 heteroatoms. The number of aromatic hydroxyl groups is 1. The molecule has 0 aliphatic heterocycles. The van der Waals surface area contributed by atoms with Gasteiger partial charge in [-0.1, -0.05) is 17.2 Å². The first-order valence-corrected chi connectivity index (χ1v) is 5.84. The third-order valence-corrected chi connectivity index (χ3v) is 3.06. The van der Waals surface area contributed by atoms with Crippen molar-refractivity contribution in [1.82, 2.24) is 9.97 Å². The molecule has 0 saturated carbocycles. The van der Waals surface area contributed by atoms with Gasteiger partial charge in [-0.15, -0.1) is 0 Å². The highest BCUT2D eigenvalue weighted by Gasteiger charge is 2.09. The van der Waals surface area contributed by atoms with Crippen LogP contribution in [0.1, 0.15) is 11.1 Å². The molecule has 0 atom stereocenters. The fraction of sp³-hybridized carbons (Fsp3) is 0.167. The van der Waals surface area contributed by atoms with E-state index in [-0.39, 0.29) is 10.4 Å². The van der Waals surface area contributed by atoms with Crippen LogP contribution < -0.4 is 5.56 Å². The summed E-state index contributed by atoms with van der Waals surface area (Å²) in [6, 6.07) is 5.83. The molecule has 0 aliphatic rings. The number of nitrogens with zero attached hydrogens (tertiary/aromatic N) is 1. The Morgan fingerprint density at radius 2 is 1.82 bits per heavy atom. The van der Waals surface area contributed by atoms with Gasteiger partial charge in [0, 0.05) is 5.56 Å². The predicted molar refractivity (Wildman–Crippen MR) is 69.1 cm³/mol. The number of aryl methyl sites for hydroxylation is 2. The van der Waals surface area contributed by atoms with Gasteiger partial charge in [0.15, 0.2) is 0 Å². The molecule has 0 fully saturated rings. The van der Waals surface area contributed by atoms with Gasteiger partial charge in [-0.3, -0.25) is 4.79 Å². The van der Waals surface area contributed by atoms with E-state index >= 15 is 0 Å². The summed E-state index contributed by atoms with van der Waals surface area (Å²) in [7, 11) is 0. The van der Waals surface area contributed by atoms with E-state index in [4.69, 9.17) is 0 Å². The van der Waals surface area contributed by atoms with Crippen LogP contribution in [0.2, 0.25) is 0 Å². The van der Waals surface area contributed by atoms with Crippen molar-refractivity contribution in [1.29, 1.82) is 0 Å². The summed E-state index contributed by atoms with van der Waals surface area (Å²) in [4.78, 5) is 18.1. The smallest absolute Gasteiger partial charge is 0.269 e. The number of benzene rings is 1. The maximum Gasteiger partial charge on any atom is 0.269 e. The van der Waals surface area contributed by atoms with Crippen molar-refractivity contribution in [2.24, 2.45) is 0 Å². The van der Waals surface area contributed by atoms with Gasteiger partial charge in [0.25, 0.3) is 5.56 Å². The fourth-order valence-electron chi connectivity index (χ4n) is 1.70. The summed E-state index contributed by atoms with van der Waals surface area (Å²) >= 11 is 2.96. The van der Waals surface area contributed by atoms with Crippen molar-refractivity contribution in [3.8, 4) is 17.3 Å². The molecule has 0 saturated heterocycles. The monoisotopic (exact) mass is 294 g/mol. The lowest BCUT2D eigenvalue weighted by molar-refractivity contribution is 0.448. The topological polar surface area (TPSA) is 66.0 Å². The molecule has 0 bridgehead atoms. The Morgan fingerprint density at radius 1 is 1.24 bits per heavy atom. The average molecular weight is 295 g/mol. The van der Waals surface area contributed by atoms with Crippen molar-refractivity contribution in [3.05, 3.63) is 44.2 Å². The number of H-pyrrole nitrogens is 1. The molecule has 1 heterocycles. The maximum absolute atomic E-state index is 11.5. The van der Waals surface area contributed by atoms with Crippen LogP contribution in [0.15, 0.2) is 27.5 Å². The van der Waals surface area contributed by atoms with E-state index in [0.717, 1.165) is 16.7 Å². The lowest BCUT2D eigenvalue weighted by Gasteiger charge is -2.05. The molecule has 0 amide bonds. The molecule has 1 aromatic heterocycles. The molecule has 1 aromatic carbocycles. The second-order valence-electron chi connectivity index (χ2n) is 3.93. The van der Waals surface area contributed by atoms with Gasteiger partial charge in [0.2, 0.25) is 5.88 Å². The summed E-state index contributed by atoms with van der Waals surface area (Å²) in [6.07, 6.45) is 0. The molecule has 17 heavy (non-hydrogen) atoms. The summed E-state index contributed by atoms with van der Waals surface area (Å²) < 4.78 is 0.0469. The first kappa shape index (κ1) is 11.9. The highest BCUT2D eigenvalue weighted by molar-refractivity contribution is 9.10. The minimum Gasteiger partial charge on any atom is -0.492 e. The molecule has 4 nitrogen and oxygen atoms in total. The van der Waals surface area contributed by atoms with E-state index in [0.29, 0.717) is 5.82 Å². The van der Waals surface area contributed by atoms with Gasteiger partial charge in [0.05, 0.1) is 0 Å². The van der Waals surface area contributed by atoms with Crippen LogP contribution in [0.4, 0.5) is 0 Å². The molecule has 0 spiro atoms. The Hall–Kier alpha value is -1.62. The van der Waals surface area contributed by atoms with E-state index < -0.39 is 5.56 Å². The Balaban J connectivity index is 2.65. The third-order valence-electron chi connectivity index (χ3n) is 2.34. The number of nitrogens with one attached hydrogen (secondary N) is 1. The van der Waals surface area contributed by atoms with Gasteiger partial charge in [-0.2, -0.15) is 4.98 Å². The van der Waals surface area contributed by atoms with E-state index in [1.807, 2.05) is 32.0 Å². The van der Waals surface area contributed by atoms with Gasteiger partial charge in [0.1, 0.15) is 10.3 Å². The zero-order chi connectivity index (χ0) is 12.6. The van der Waals surface area contributed by atoms with Crippen molar-refractivity contribution in [2.45, 2.75) is 13.8 Å². The van der Waals surface area contributed by atoms with E-state index in [2.05, 4.69) is 25.9 Å². The SMILES string of the molecule is Cc1cc(C)cc(-c2nc(O)c(Br)c(=O)[nH]2)c1. The van der Waals surface area contributed by atoms with E-state index in [9.17, 15) is 9.90 Å². The predicted octanol–water partition coefficient (Wildman–Crippen LogP) is 2.52. The molecule has 2 aromatic rings. The number of aromatic nitrogens is 2. The van der Waals surface area contributed by atoms with E-state index in [1.54, 1.807) is 0 Å². The summed E-state index contributed by atoms with van der Waals surface area (Å²) in [5, 5.41) is 9.50. The largest absolute Gasteiger partial charge is 0.492 e. The van der Waals surface area contributed by atoms with Crippen LogP contribution >= 0.6 is 15.9 Å². The molecular formula is C12H11BrN2O2. The lowest BCUT2D eigenvalue weighted by Crippen LogP contribution is -2.09. The van der Waals surface area contributed by atoms with Crippen LogP contribution in [-0.2, 0) is 0 Å². The maximum atomic E-state index is 11.5. The van der Waals surface area contributed by atoms with E-state index in [1.165, 1.54) is 0 Å². The second-order valence-corrected chi connectivity index (χ2v) is 4.72. The Morgan fingerprint density at radius 3 is 2.35 bits per heavy atom. The van der Waals surface area contributed by atoms with Gasteiger partial charge < -0.3 is 10.1 Å². The van der Waals surface area contributed by atoms with Crippen molar-refractivity contribution in [2.75, 3.05) is 0 Å². The zero-order valence-corrected chi connectivity index (χ0v) is 11.0. The van der Waals surface area contributed by atoms with Crippen LogP contribution in [0.3, 0.4) is 0 Å². The first-order chi connectivity index (χ1) is 7.97. The highest BCUT2D eigenvalue weighted by Crippen LogP contribution is 2.22. The zero-order valence-electron chi connectivity index (χ0n) is 9.41. The molecular weight excluding hydrogens is 284 g/mol. The van der Waals surface area contributed by atoms with Crippen molar-refractivity contribution < 1.29 is 5.11 Å². The molecule has 2 rings (SSSR count). The summed E-state index contributed by atoms with van der Waals surface area (Å²) in [5.74, 6) is 0.0606. The van der Waals surface area contributed by atoms with Crippen LogP contribution in [0.5, 0.6) is 5.88 Å².